The van der Waals surface area contributed by atoms with E-state index >= 15 is 0 Å². The first-order valence-corrected chi connectivity index (χ1v) is 19.4. The molecule has 11 aromatic carbocycles. The van der Waals surface area contributed by atoms with Crippen LogP contribution in [0.5, 0.6) is 0 Å². The molecule has 0 atom stereocenters. The highest BCUT2D eigenvalue weighted by Crippen LogP contribution is 2.47. The van der Waals surface area contributed by atoms with E-state index < -0.39 is 0 Å². The molecule has 0 radical (unpaired) electrons. The highest BCUT2D eigenvalue weighted by Gasteiger charge is 2.20. The molecule has 57 heavy (non-hydrogen) atoms. The van der Waals surface area contributed by atoms with Crippen LogP contribution in [0, 0.1) is 0 Å². The van der Waals surface area contributed by atoms with E-state index in [9.17, 15) is 5.48 Å². The van der Waals surface area contributed by atoms with Crippen molar-refractivity contribution in [1.82, 2.24) is 0 Å². The summed E-state index contributed by atoms with van der Waals surface area (Å²) in [6.45, 7) is 0. The third-order valence-corrected chi connectivity index (χ3v) is 11.3. The second kappa shape index (κ2) is 13.7. The fraction of sp³-hybridized carbons (Fsp3) is 0. The van der Waals surface area contributed by atoms with Crippen LogP contribution in [0.4, 0.5) is 17.1 Å². The summed E-state index contributed by atoms with van der Waals surface area (Å²) < 4.78 is 38.5. The van der Waals surface area contributed by atoms with E-state index in [4.69, 9.17) is 0 Å². The van der Waals surface area contributed by atoms with Crippen molar-refractivity contribution in [3.8, 4) is 33.4 Å². The van der Waals surface area contributed by atoms with Gasteiger partial charge in [-0.05, 0) is 118 Å². The fourth-order valence-electron chi connectivity index (χ4n) is 8.64. The second-order valence-electron chi connectivity index (χ2n) is 14.5. The molecule has 0 aromatic heterocycles. The Kier molecular flexibility index (Phi) is 6.93. The minimum Gasteiger partial charge on any atom is -0.310 e. The van der Waals surface area contributed by atoms with Gasteiger partial charge in [0.1, 0.15) is 0 Å². The lowest BCUT2D eigenvalue weighted by atomic mass is 9.85. The lowest BCUT2D eigenvalue weighted by Gasteiger charge is -2.28. The Bertz CT molecular complexity index is 3500. The molecule has 0 N–H and O–H groups in total. The zero-order valence-corrected chi connectivity index (χ0v) is 31.0. The smallest absolute Gasteiger partial charge is 0.0645 e. The van der Waals surface area contributed by atoms with Crippen molar-refractivity contribution < 1.29 is 5.48 Å². The number of benzene rings is 11. The van der Waals surface area contributed by atoms with Crippen LogP contribution in [0.2, 0.25) is 0 Å². The molecular weight excluding hydrogens is 687 g/mol. The Balaban J connectivity index is 1.17. The third kappa shape index (κ3) is 5.63. The topological polar surface area (TPSA) is 3.24 Å². The van der Waals surface area contributed by atoms with Crippen LogP contribution in [0.25, 0.3) is 87.2 Å². The maximum absolute atomic E-state index is 9.72. The molecule has 0 fully saturated rings. The van der Waals surface area contributed by atoms with Crippen molar-refractivity contribution in [2.45, 2.75) is 0 Å². The molecule has 0 aliphatic rings. The summed E-state index contributed by atoms with van der Waals surface area (Å²) in [6.07, 6.45) is 0. The molecule has 1 nitrogen and oxygen atoms in total. The van der Waals surface area contributed by atoms with E-state index in [1.54, 1.807) is 0 Å². The van der Waals surface area contributed by atoms with Crippen LogP contribution in [0.3, 0.4) is 0 Å². The molecule has 0 amide bonds. The molecule has 0 bridgehead atoms. The van der Waals surface area contributed by atoms with E-state index in [-0.39, 0.29) is 35.4 Å². The van der Waals surface area contributed by atoms with Gasteiger partial charge in [-0.15, -0.1) is 0 Å². The van der Waals surface area contributed by atoms with E-state index in [1.807, 2.05) is 77.7 Å². The zero-order valence-electron chi connectivity index (χ0n) is 35.0. The van der Waals surface area contributed by atoms with Crippen molar-refractivity contribution >= 4 is 70.9 Å². The fourth-order valence-corrected chi connectivity index (χ4v) is 8.64. The molecule has 0 heterocycles. The maximum Gasteiger partial charge on any atom is 0.0645 e. The van der Waals surface area contributed by atoms with E-state index in [1.165, 1.54) is 16.2 Å². The van der Waals surface area contributed by atoms with Crippen LogP contribution in [-0.4, -0.2) is 0 Å². The molecule has 0 unspecified atom stereocenters. The first-order valence-electron chi connectivity index (χ1n) is 21.4. The molecule has 0 saturated heterocycles. The van der Waals surface area contributed by atoms with Crippen LogP contribution >= 0.6 is 0 Å². The SMILES string of the molecule is [2H]c1c([2H])c(N(c2ccc(-c3c(-c4ccccc4)c4ccccc4c4ccccc34)cc2)c2cc3ccccc3c3ccccc23)c([2H])c([2H])c1-c1ccc2ccccc2c1. The highest BCUT2D eigenvalue weighted by molar-refractivity contribution is 6.21. The van der Waals surface area contributed by atoms with Gasteiger partial charge in [-0.25, -0.2) is 0 Å². The van der Waals surface area contributed by atoms with Gasteiger partial charge >= 0.3 is 0 Å². The summed E-state index contributed by atoms with van der Waals surface area (Å²) in [4.78, 5) is 1.93. The average Bonchev–Trinajstić information content (AvgIpc) is 3.32. The molecule has 0 saturated carbocycles. The zero-order chi connectivity index (χ0) is 41.2. The maximum atomic E-state index is 9.72. The van der Waals surface area contributed by atoms with Gasteiger partial charge in [0, 0.05) is 16.8 Å². The summed E-state index contributed by atoms with van der Waals surface area (Å²) in [7, 11) is 0. The number of hydrogen-bond donors (Lipinski definition) is 0. The van der Waals surface area contributed by atoms with Gasteiger partial charge in [-0.3, -0.25) is 0 Å². The van der Waals surface area contributed by atoms with Gasteiger partial charge in [-0.1, -0.05) is 188 Å². The van der Waals surface area contributed by atoms with Gasteiger partial charge in [0.05, 0.1) is 11.2 Å². The molecule has 266 valence electrons. The normalized spacial score (nSPS) is 12.5. The Morgan fingerprint density at radius 3 is 1.40 bits per heavy atom. The van der Waals surface area contributed by atoms with Crippen LogP contribution in [0.1, 0.15) is 5.48 Å². The van der Waals surface area contributed by atoms with Crippen molar-refractivity contribution in [3.63, 3.8) is 0 Å². The Morgan fingerprint density at radius 1 is 0.281 bits per heavy atom. The first-order chi connectivity index (χ1) is 30.0. The summed E-state index contributed by atoms with van der Waals surface area (Å²) in [5.41, 5.74) is 7.03. The molecule has 0 aliphatic heterocycles. The molecule has 0 spiro atoms. The number of fused-ring (bicyclic) bond motifs is 7. The van der Waals surface area contributed by atoms with E-state index in [2.05, 4.69) is 127 Å². The van der Waals surface area contributed by atoms with Crippen LogP contribution < -0.4 is 4.90 Å². The molecule has 11 aromatic rings. The van der Waals surface area contributed by atoms with Gasteiger partial charge in [0.25, 0.3) is 0 Å². The molecule has 0 aliphatic carbocycles. The number of nitrogens with zero attached hydrogens (tertiary/aromatic N) is 1. The first kappa shape index (κ1) is 28.9. The average molecular weight is 728 g/mol. The summed E-state index contributed by atoms with van der Waals surface area (Å²) in [6, 6.07) is 68.1. The second-order valence-corrected chi connectivity index (χ2v) is 14.5. The molecular formula is C56H37N. The Morgan fingerprint density at radius 2 is 0.754 bits per heavy atom. The largest absolute Gasteiger partial charge is 0.310 e. The quantitative estimate of drug-likeness (QED) is 0.154. The van der Waals surface area contributed by atoms with Gasteiger partial charge in [-0.2, -0.15) is 0 Å². The van der Waals surface area contributed by atoms with Gasteiger partial charge in [0.15, 0.2) is 0 Å². The Labute approximate surface area is 338 Å². The van der Waals surface area contributed by atoms with Gasteiger partial charge in [0.2, 0.25) is 0 Å². The van der Waals surface area contributed by atoms with Crippen LogP contribution in [0.15, 0.2) is 224 Å². The number of anilines is 3. The number of rotatable bonds is 6. The Hall–Kier alpha value is -7.48. The van der Waals surface area contributed by atoms with Crippen molar-refractivity contribution in [3.05, 3.63) is 224 Å². The van der Waals surface area contributed by atoms with Crippen LogP contribution in [-0.2, 0) is 0 Å². The summed E-state index contributed by atoms with van der Waals surface area (Å²) >= 11 is 0. The highest BCUT2D eigenvalue weighted by atomic mass is 15.1. The van der Waals surface area contributed by atoms with Crippen molar-refractivity contribution in [2.24, 2.45) is 0 Å². The van der Waals surface area contributed by atoms with E-state index in [0.29, 0.717) is 5.56 Å². The minimum atomic E-state index is -0.114. The summed E-state index contributed by atoms with van der Waals surface area (Å²) in [5.74, 6) is 0. The third-order valence-electron chi connectivity index (χ3n) is 11.3. The standard InChI is InChI=1S/C56H37N/c1-2-15-40(16-3-1)55-52-24-12-9-21-49(52)50-22-10-13-25-53(50)56(55)41-30-34-46(35-31-41)57(54-37-44-18-6-7-19-47(44)48-20-8-11-23-51(48)54)45-32-28-39(29-33-45)43-27-26-38-14-4-5-17-42(38)36-43/h1-37H/i28D,29D,32D,33D. The molecule has 1 heteroatoms. The summed E-state index contributed by atoms with van der Waals surface area (Å²) in [5, 5.41) is 10.8. The predicted octanol–water partition coefficient (Wildman–Crippen LogP) is 15.9. The minimum absolute atomic E-state index is 0.0897. The monoisotopic (exact) mass is 727 g/mol. The predicted molar refractivity (Wildman–Crippen MR) is 245 cm³/mol. The van der Waals surface area contributed by atoms with E-state index in [0.717, 1.165) is 71.3 Å². The lowest BCUT2D eigenvalue weighted by Crippen LogP contribution is -2.10. The number of hydrogen-bond acceptors (Lipinski definition) is 1. The van der Waals surface area contributed by atoms with Crippen molar-refractivity contribution in [2.75, 3.05) is 4.90 Å². The van der Waals surface area contributed by atoms with Crippen molar-refractivity contribution in [1.29, 1.82) is 0 Å². The molecule has 11 rings (SSSR count). The van der Waals surface area contributed by atoms with Gasteiger partial charge < -0.3 is 4.90 Å². The lowest BCUT2D eigenvalue weighted by molar-refractivity contribution is 1.30.